The van der Waals surface area contributed by atoms with E-state index in [0.717, 1.165) is 0 Å². The van der Waals surface area contributed by atoms with Gasteiger partial charge in [0.25, 0.3) is 5.69 Å². The Labute approximate surface area is 210 Å². The average Bonchev–Trinajstić information content (AvgIpc) is 2.90. The molecule has 0 saturated carbocycles. The number of aryl methyl sites for hydroxylation is 1. The molecule has 1 heterocycles. The minimum absolute atomic E-state index is 0.0237. The SMILES string of the molecule is CCCOC(=O)c1ccc(Oc2c(C)oc3cc(OC(=O)c4ccc([N+](=O)[O-])cc4)ccc3c2=O)cc1. The number of non-ortho nitro benzene ring substituents is 1. The summed E-state index contributed by atoms with van der Waals surface area (Å²) in [6, 6.07) is 15.4. The topological polar surface area (TPSA) is 135 Å². The quantitative estimate of drug-likeness (QED) is 0.130. The highest BCUT2D eigenvalue weighted by Gasteiger charge is 2.17. The molecule has 10 nitrogen and oxygen atoms in total. The molecule has 0 aliphatic rings. The van der Waals surface area contributed by atoms with Crippen LogP contribution < -0.4 is 14.9 Å². The molecule has 0 amide bonds. The fourth-order valence-corrected chi connectivity index (χ4v) is 3.39. The fraction of sp³-hybridized carbons (Fsp3) is 0.148. The Kier molecular flexibility index (Phi) is 7.28. The van der Waals surface area contributed by atoms with Gasteiger partial charge in [-0.15, -0.1) is 0 Å². The number of nitro benzene ring substituents is 1. The number of nitrogens with zero attached hydrogens (tertiary/aromatic N) is 1. The third-order valence-corrected chi connectivity index (χ3v) is 5.26. The van der Waals surface area contributed by atoms with Crippen molar-refractivity contribution in [1.29, 1.82) is 0 Å². The molecule has 188 valence electrons. The van der Waals surface area contributed by atoms with Gasteiger partial charge in [0.1, 0.15) is 22.8 Å². The van der Waals surface area contributed by atoms with Crippen LogP contribution in [0.4, 0.5) is 5.69 Å². The number of nitro groups is 1. The van der Waals surface area contributed by atoms with Crippen LogP contribution in [0.15, 0.2) is 75.9 Å². The number of carbonyl (C=O) groups excluding carboxylic acids is 2. The van der Waals surface area contributed by atoms with Gasteiger partial charge < -0.3 is 18.6 Å². The molecule has 3 aromatic carbocycles. The normalized spacial score (nSPS) is 10.6. The number of fused-ring (bicyclic) bond motifs is 1. The molecule has 0 radical (unpaired) electrons. The van der Waals surface area contributed by atoms with Crippen molar-refractivity contribution in [3.8, 4) is 17.2 Å². The first-order valence-corrected chi connectivity index (χ1v) is 11.3. The first-order valence-electron chi connectivity index (χ1n) is 11.3. The standard InChI is InChI=1S/C27H21NO9/c1-3-14-34-26(30)17-6-10-20(11-7-17)36-25-16(2)35-23-15-21(12-13-22(23)24(25)29)37-27(31)18-4-8-19(9-5-18)28(32)33/h4-13,15H,3,14H2,1-2H3. The zero-order valence-electron chi connectivity index (χ0n) is 19.9. The lowest BCUT2D eigenvalue weighted by Gasteiger charge is -2.10. The van der Waals surface area contributed by atoms with Gasteiger partial charge in [-0.1, -0.05) is 6.92 Å². The van der Waals surface area contributed by atoms with E-state index in [1.807, 2.05) is 6.92 Å². The summed E-state index contributed by atoms with van der Waals surface area (Å²) in [6.45, 7) is 3.78. The van der Waals surface area contributed by atoms with Crippen molar-refractivity contribution < 1.29 is 33.1 Å². The van der Waals surface area contributed by atoms with Gasteiger partial charge in [0.2, 0.25) is 11.2 Å². The number of rotatable bonds is 8. The van der Waals surface area contributed by atoms with E-state index in [9.17, 15) is 24.5 Å². The molecule has 37 heavy (non-hydrogen) atoms. The summed E-state index contributed by atoms with van der Waals surface area (Å²) >= 11 is 0. The molecule has 0 unspecified atom stereocenters. The summed E-state index contributed by atoms with van der Waals surface area (Å²) in [6.07, 6.45) is 0.716. The van der Waals surface area contributed by atoms with E-state index in [-0.39, 0.29) is 39.5 Å². The van der Waals surface area contributed by atoms with Crippen molar-refractivity contribution in [2.75, 3.05) is 6.61 Å². The van der Waals surface area contributed by atoms with Crippen molar-refractivity contribution in [2.45, 2.75) is 20.3 Å². The Morgan fingerprint density at radius 3 is 2.19 bits per heavy atom. The maximum absolute atomic E-state index is 13.1. The Morgan fingerprint density at radius 1 is 0.919 bits per heavy atom. The van der Waals surface area contributed by atoms with Crippen LogP contribution in [0.5, 0.6) is 17.2 Å². The molecule has 0 aliphatic heterocycles. The zero-order valence-corrected chi connectivity index (χ0v) is 19.9. The van der Waals surface area contributed by atoms with Gasteiger partial charge in [-0.25, -0.2) is 9.59 Å². The fourth-order valence-electron chi connectivity index (χ4n) is 3.39. The van der Waals surface area contributed by atoms with Crippen LogP contribution in [0.25, 0.3) is 11.0 Å². The summed E-state index contributed by atoms with van der Waals surface area (Å²) in [7, 11) is 0. The monoisotopic (exact) mass is 503 g/mol. The lowest BCUT2D eigenvalue weighted by atomic mass is 10.2. The predicted molar refractivity (Wildman–Crippen MR) is 132 cm³/mol. The highest BCUT2D eigenvalue weighted by molar-refractivity contribution is 5.92. The second-order valence-corrected chi connectivity index (χ2v) is 7.93. The Hall–Kier alpha value is -4.99. The Bertz CT molecular complexity index is 1540. The maximum Gasteiger partial charge on any atom is 0.343 e. The third-order valence-electron chi connectivity index (χ3n) is 5.26. The van der Waals surface area contributed by atoms with Gasteiger partial charge in [-0.05, 0) is 61.9 Å². The minimum Gasteiger partial charge on any atom is -0.462 e. The highest BCUT2D eigenvalue weighted by Crippen LogP contribution is 2.28. The van der Waals surface area contributed by atoms with E-state index in [1.165, 1.54) is 54.6 Å². The van der Waals surface area contributed by atoms with Crippen LogP contribution in [0.1, 0.15) is 39.8 Å². The highest BCUT2D eigenvalue weighted by atomic mass is 16.6. The molecule has 4 aromatic rings. The van der Waals surface area contributed by atoms with Crippen LogP contribution in [0, 0.1) is 17.0 Å². The van der Waals surface area contributed by atoms with Gasteiger partial charge in [0, 0.05) is 18.2 Å². The second kappa shape index (κ2) is 10.7. The number of esters is 2. The van der Waals surface area contributed by atoms with Gasteiger partial charge in [-0.2, -0.15) is 0 Å². The molecule has 0 aliphatic carbocycles. The van der Waals surface area contributed by atoms with Gasteiger partial charge in [0.05, 0.1) is 28.0 Å². The number of hydrogen-bond acceptors (Lipinski definition) is 9. The Morgan fingerprint density at radius 2 is 1.54 bits per heavy atom. The zero-order chi connectivity index (χ0) is 26.5. The maximum atomic E-state index is 13.1. The second-order valence-electron chi connectivity index (χ2n) is 7.93. The van der Waals surface area contributed by atoms with Crippen molar-refractivity contribution >= 4 is 28.6 Å². The molecule has 0 N–H and O–H groups in total. The molecule has 0 atom stereocenters. The van der Waals surface area contributed by atoms with E-state index in [1.54, 1.807) is 19.1 Å². The number of ether oxygens (including phenoxy) is 3. The molecule has 1 aromatic heterocycles. The molecule has 0 saturated heterocycles. The Balaban J connectivity index is 1.53. The lowest BCUT2D eigenvalue weighted by molar-refractivity contribution is -0.384. The summed E-state index contributed by atoms with van der Waals surface area (Å²) in [5.74, 6) is -0.546. The van der Waals surface area contributed by atoms with Gasteiger partial charge >= 0.3 is 11.9 Å². The largest absolute Gasteiger partial charge is 0.462 e. The van der Waals surface area contributed by atoms with E-state index in [4.69, 9.17) is 18.6 Å². The third kappa shape index (κ3) is 5.64. The number of benzene rings is 3. The van der Waals surface area contributed by atoms with Gasteiger partial charge in [-0.3, -0.25) is 14.9 Å². The van der Waals surface area contributed by atoms with E-state index >= 15 is 0 Å². The summed E-state index contributed by atoms with van der Waals surface area (Å²) < 4.78 is 21.9. The first-order chi connectivity index (χ1) is 17.8. The molecule has 0 spiro atoms. The molecule has 10 heteroatoms. The first kappa shape index (κ1) is 25.1. The van der Waals surface area contributed by atoms with Crippen LogP contribution in [-0.4, -0.2) is 23.5 Å². The average molecular weight is 503 g/mol. The molecular weight excluding hydrogens is 482 g/mol. The van der Waals surface area contributed by atoms with Crippen LogP contribution >= 0.6 is 0 Å². The summed E-state index contributed by atoms with van der Waals surface area (Å²) in [4.78, 5) is 47.6. The van der Waals surface area contributed by atoms with Crippen molar-refractivity contribution in [2.24, 2.45) is 0 Å². The van der Waals surface area contributed by atoms with Gasteiger partial charge in [0.15, 0.2) is 0 Å². The van der Waals surface area contributed by atoms with E-state index < -0.39 is 22.3 Å². The minimum atomic E-state index is -0.727. The van der Waals surface area contributed by atoms with Crippen LogP contribution in [0.3, 0.4) is 0 Å². The van der Waals surface area contributed by atoms with E-state index in [0.29, 0.717) is 24.3 Å². The van der Waals surface area contributed by atoms with E-state index in [2.05, 4.69) is 0 Å². The predicted octanol–water partition coefficient (Wildman–Crippen LogP) is 5.59. The summed E-state index contributed by atoms with van der Waals surface area (Å²) in [5.41, 5.74) is 0.0786. The number of hydrogen-bond donors (Lipinski definition) is 0. The molecule has 4 rings (SSSR count). The smallest absolute Gasteiger partial charge is 0.343 e. The van der Waals surface area contributed by atoms with Crippen LogP contribution in [-0.2, 0) is 4.74 Å². The van der Waals surface area contributed by atoms with Crippen molar-refractivity contribution in [1.82, 2.24) is 0 Å². The number of carbonyl (C=O) groups is 2. The van der Waals surface area contributed by atoms with Crippen LogP contribution in [0.2, 0.25) is 0 Å². The lowest BCUT2D eigenvalue weighted by Crippen LogP contribution is -2.10. The van der Waals surface area contributed by atoms with Crippen molar-refractivity contribution in [3.63, 3.8) is 0 Å². The van der Waals surface area contributed by atoms with Crippen molar-refractivity contribution in [3.05, 3.63) is 104 Å². The summed E-state index contributed by atoms with van der Waals surface area (Å²) in [5, 5.41) is 11.0. The molecular formula is C27H21NO9. The molecule has 0 fully saturated rings. The molecule has 0 bridgehead atoms.